The van der Waals surface area contributed by atoms with E-state index in [4.69, 9.17) is 22.2 Å². The molecule has 2 aromatic rings. The van der Waals surface area contributed by atoms with E-state index in [1.165, 1.54) is 0 Å². The fourth-order valence-corrected chi connectivity index (χ4v) is 2.27. The molecule has 0 spiro atoms. The Kier molecular flexibility index (Phi) is 5.39. The van der Waals surface area contributed by atoms with Crippen LogP contribution >= 0.6 is 27.5 Å². The second-order valence-electron chi connectivity index (χ2n) is 4.49. The van der Waals surface area contributed by atoms with Crippen molar-refractivity contribution in [1.82, 2.24) is 9.97 Å². The molecule has 7 heteroatoms. The Morgan fingerprint density at radius 1 is 1.38 bits per heavy atom. The van der Waals surface area contributed by atoms with Gasteiger partial charge in [-0.2, -0.15) is 4.98 Å². The Morgan fingerprint density at radius 2 is 2.14 bits per heavy atom. The highest BCUT2D eigenvalue weighted by Gasteiger charge is 2.13. The number of nitrogens with two attached hydrogens (primary N) is 1. The molecule has 0 aliphatic carbocycles. The SMILES string of the molecule is CCCc1nc(NN)c(C)c(Oc2cc(Br)ccc2Cl)n1. The molecule has 1 aromatic carbocycles. The molecule has 0 unspecified atom stereocenters. The highest BCUT2D eigenvalue weighted by atomic mass is 79.9. The molecule has 5 nitrogen and oxygen atoms in total. The summed E-state index contributed by atoms with van der Waals surface area (Å²) < 4.78 is 6.72. The Bertz CT molecular complexity index is 651. The van der Waals surface area contributed by atoms with Crippen molar-refractivity contribution in [2.75, 3.05) is 5.43 Å². The molecule has 0 atom stereocenters. The van der Waals surface area contributed by atoms with Crippen LogP contribution in [-0.4, -0.2) is 9.97 Å². The van der Waals surface area contributed by atoms with E-state index in [1.807, 2.05) is 13.0 Å². The standard InChI is InChI=1S/C14H16BrClN4O/c1-3-4-12-18-13(20-17)8(2)14(19-12)21-11-7-9(15)5-6-10(11)16/h5-7H,3-4,17H2,1-2H3,(H,18,19,20). The van der Waals surface area contributed by atoms with Crippen LogP contribution in [0, 0.1) is 6.92 Å². The van der Waals surface area contributed by atoms with Gasteiger partial charge >= 0.3 is 0 Å². The lowest BCUT2D eigenvalue weighted by atomic mass is 10.3. The number of hydrazine groups is 1. The van der Waals surface area contributed by atoms with E-state index in [-0.39, 0.29) is 0 Å². The predicted octanol–water partition coefficient (Wildman–Crippen LogP) is 4.23. The first kappa shape index (κ1) is 16.0. The Labute approximate surface area is 137 Å². The largest absolute Gasteiger partial charge is 0.437 e. The van der Waals surface area contributed by atoms with Crippen molar-refractivity contribution >= 4 is 33.3 Å². The molecule has 0 saturated carbocycles. The smallest absolute Gasteiger partial charge is 0.227 e. The Morgan fingerprint density at radius 3 is 2.81 bits per heavy atom. The van der Waals surface area contributed by atoms with E-state index >= 15 is 0 Å². The number of anilines is 1. The van der Waals surface area contributed by atoms with Crippen LogP contribution in [0.2, 0.25) is 5.02 Å². The molecule has 1 heterocycles. The van der Waals surface area contributed by atoms with Crippen molar-refractivity contribution in [3.8, 4) is 11.6 Å². The minimum atomic E-state index is 0.446. The number of ether oxygens (including phenoxy) is 1. The number of nitrogen functional groups attached to an aromatic ring is 1. The first-order valence-corrected chi connectivity index (χ1v) is 7.69. The fraction of sp³-hybridized carbons (Fsp3) is 0.286. The molecular formula is C14H16BrClN4O. The lowest BCUT2D eigenvalue weighted by Gasteiger charge is -2.13. The van der Waals surface area contributed by atoms with E-state index in [0.29, 0.717) is 28.3 Å². The number of benzene rings is 1. The summed E-state index contributed by atoms with van der Waals surface area (Å²) >= 11 is 9.54. The summed E-state index contributed by atoms with van der Waals surface area (Å²) in [6, 6.07) is 5.39. The minimum absolute atomic E-state index is 0.446. The van der Waals surface area contributed by atoms with Crippen LogP contribution in [0.1, 0.15) is 24.7 Å². The summed E-state index contributed by atoms with van der Waals surface area (Å²) in [7, 11) is 0. The topological polar surface area (TPSA) is 73.1 Å². The third-order valence-electron chi connectivity index (χ3n) is 2.86. The van der Waals surface area contributed by atoms with E-state index in [0.717, 1.165) is 22.9 Å². The highest BCUT2D eigenvalue weighted by molar-refractivity contribution is 9.10. The predicted molar refractivity (Wildman–Crippen MR) is 87.8 cm³/mol. The zero-order valence-electron chi connectivity index (χ0n) is 11.8. The van der Waals surface area contributed by atoms with E-state index in [2.05, 4.69) is 38.2 Å². The van der Waals surface area contributed by atoms with Crippen LogP contribution in [0.3, 0.4) is 0 Å². The number of nitrogens with zero attached hydrogens (tertiary/aromatic N) is 2. The second-order valence-corrected chi connectivity index (χ2v) is 5.81. The quantitative estimate of drug-likeness (QED) is 0.608. The molecule has 112 valence electrons. The van der Waals surface area contributed by atoms with E-state index in [9.17, 15) is 0 Å². The van der Waals surface area contributed by atoms with E-state index in [1.54, 1.807) is 12.1 Å². The van der Waals surface area contributed by atoms with Gasteiger partial charge in [0.2, 0.25) is 5.88 Å². The molecule has 2 rings (SSSR count). The van der Waals surface area contributed by atoms with Gasteiger partial charge in [-0.3, -0.25) is 0 Å². The van der Waals surface area contributed by atoms with Crippen LogP contribution < -0.4 is 16.0 Å². The number of nitrogens with one attached hydrogen (secondary N) is 1. The lowest BCUT2D eigenvalue weighted by Crippen LogP contribution is -2.13. The number of aromatic nitrogens is 2. The van der Waals surface area contributed by atoms with Crippen molar-refractivity contribution < 1.29 is 4.74 Å². The third kappa shape index (κ3) is 3.84. The van der Waals surface area contributed by atoms with Gasteiger partial charge in [0.25, 0.3) is 0 Å². The Balaban J connectivity index is 2.42. The van der Waals surface area contributed by atoms with Gasteiger partial charge < -0.3 is 10.2 Å². The second kappa shape index (κ2) is 7.06. The fourth-order valence-electron chi connectivity index (χ4n) is 1.78. The molecule has 0 fully saturated rings. The summed E-state index contributed by atoms with van der Waals surface area (Å²) in [5.74, 6) is 7.70. The van der Waals surface area contributed by atoms with Crippen molar-refractivity contribution in [3.63, 3.8) is 0 Å². The molecule has 0 bridgehead atoms. The molecule has 21 heavy (non-hydrogen) atoms. The first-order valence-electron chi connectivity index (χ1n) is 6.52. The molecule has 0 amide bonds. The normalized spacial score (nSPS) is 10.5. The molecule has 0 aliphatic heterocycles. The number of rotatable bonds is 5. The number of aryl methyl sites for hydroxylation is 1. The molecule has 1 aromatic heterocycles. The monoisotopic (exact) mass is 370 g/mol. The third-order valence-corrected chi connectivity index (χ3v) is 3.66. The number of hydrogen-bond donors (Lipinski definition) is 2. The number of hydrogen-bond acceptors (Lipinski definition) is 5. The van der Waals surface area contributed by atoms with Gasteiger partial charge in [-0.1, -0.05) is 34.5 Å². The first-order chi connectivity index (χ1) is 10.0. The summed E-state index contributed by atoms with van der Waals surface area (Å²) in [6.45, 7) is 3.90. The average molecular weight is 372 g/mol. The summed E-state index contributed by atoms with van der Waals surface area (Å²) in [4.78, 5) is 8.79. The van der Waals surface area contributed by atoms with E-state index < -0.39 is 0 Å². The van der Waals surface area contributed by atoms with Gasteiger partial charge in [0, 0.05) is 10.9 Å². The van der Waals surface area contributed by atoms with Gasteiger partial charge in [0.15, 0.2) is 0 Å². The lowest BCUT2D eigenvalue weighted by molar-refractivity contribution is 0.454. The average Bonchev–Trinajstić information content (AvgIpc) is 2.46. The van der Waals surface area contributed by atoms with Gasteiger partial charge in [-0.05, 0) is 31.5 Å². The van der Waals surface area contributed by atoms with Gasteiger partial charge in [0.05, 0.1) is 10.6 Å². The molecule has 3 N–H and O–H groups in total. The molecule has 0 saturated heterocycles. The van der Waals surface area contributed by atoms with Crippen molar-refractivity contribution in [2.45, 2.75) is 26.7 Å². The van der Waals surface area contributed by atoms with Crippen molar-refractivity contribution in [2.24, 2.45) is 5.84 Å². The molecule has 0 radical (unpaired) electrons. The zero-order chi connectivity index (χ0) is 15.4. The van der Waals surface area contributed by atoms with Crippen LogP contribution in [-0.2, 0) is 6.42 Å². The molecular weight excluding hydrogens is 356 g/mol. The minimum Gasteiger partial charge on any atom is -0.437 e. The molecule has 0 aliphatic rings. The summed E-state index contributed by atoms with van der Waals surface area (Å²) in [5, 5.41) is 0.510. The maximum atomic E-state index is 6.14. The zero-order valence-corrected chi connectivity index (χ0v) is 14.1. The van der Waals surface area contributed by atoms with Crippen molar-refractivity contribution in [1.29, 1.82) is 0 Å². The maximum Gasteiger partial charge on any atom is 0.227 e. The van der Waals surface area contributed by atoms with Gasteiger partial charge in [-0.25, -0.2) is 10.8 Å². The van der Waals surface area contributed by atoms with Crippen LogP contribution in [0.25, 0.3) is 0 Å². The highest BCUT2D eigenvalue weighted by Crippen LogP contribution is 2.33. The summed E-state index contributed by atoms with van der Waals surface area (Å²) in [5.41, 5.74) is 3.30. The van der Waals surface area contributed by atoms with Crippen LogP contribution in [0.15, 0.2) is 22.7 Å². The Hall–Kier alpha value is -1.37. The summed E-state index contributed by atoms with van der Waals surface area (Å²) in [6.07, 6.45) is 1.68. The van der Waals surface area contributed by atoms with Gasteiger partial charge in [0.1, 0.15) is 17.4 Å². The van der Waals surface area contributed by atoms with Crippen LogP contribution in [0.5, 0.6) is 11.6 Å². The maximum absolute atomic E-state index is 6.14. The van der Waals surface area contributed by atoms with Crippen molar-refractivity contribution in [3.05, 3.63) is 39.1 Å². The van der Waals surface area contributed by atoms with Crippen LogP contribution in [0.4, 0.5) is 5.82 Å². The van der Waals surface area contributed by atoms with Gasteiger partial charge in [-0.15, -0.1) is 0 Å². The number of halogens is 2.